The molecule has 0 saturated carbocycles. The molecular formula is C10H13BrO4. The lowest BCUT2D eigenvalue weighted by Crippen LogP contribution is -2.03. The molecule has 0 atom stereocenters. The van der Waals surface area contributed by atoms with E-state index >= 15 is 0 Å². The number of ether oxygens (including phenoxy) is 2. The summed E-state index contributed by atoms with van der Waals surface area (Å²) in [6.07, 6.45) is 0. The van der Waals surface area contributed by atoms with Crippen LogP contribution < -0.4 is 9.47 Å². The highest BCUT2D eigenvalue weighted by atomic mass is 79.9. The van der Waals surface area contributed by atoms with Crippen LogP contribution in [0.1, 0.15) is 0 Å². The number of hydrogen-bond donors (Lipinski definition) is 2. The Morgan fingerprint density at radius 3 is 2.33 bits per heavy atom. The Morgan fingerprint density at radius 1 is 1.07 bits per heavy atom. The van der Waals surface area contributed by atoms with Gasteiger partial charge in [-0.2, -0.15) is 0 Å². The molecule has 0 radical (unpaired) electrons. The minimum Gasteiger partial charge on any atom is -0.491 e. The first-order valence-corrected chi connectivity index (χ1v) is 5.34. The van der Waals surface area contributed by atoms with Crippen LogP contribution in [0.5, 0.6) is 11.5 Å². The average Bonchev–Trinajstić information content (AvgIpc) is 2.25. The Hall–Kier alpha value is -0.780. The predicted octanol–water partition coefficient (Wildman–Crippen LogP) is 1.19. The molecule has 1 rings (SSSR count). The van der Waals surface area contributed by atoms with Crippen molar-refractivity contribution in [2.75, 3.05) is 26.4 Å². The molecule has 0 aliphatic carbocycles. The van der Waals surface area contributed by atoms with Crippen molar-refractivity contribution in [1.82, 2.24) is 0 Å². The lowest BCUT2D eigenvalue weighted by atomic mass is 10.3. The Kier molecular flexibility index (Phi) is 5.45. The third kappa shape index (κ3) is 4.07. The van der Waals surface area contributed by atoms with Gasteiger partial charge in [0.05, 0.1) is 17.7 Å². The van der Waals surface area contributed by atoms with Crippen molar-refractivity contribution < 1.29 is 19.7 Å². The average molecular weight is 277 g/mol. The first kappa shape index (κ1) is 12.3. The summed E-state index contributed by atoms with van der Waals surface area (Å²) in [4.78, 5) is 0. The fourth-order valence-electron chi connectivity index (χ4n) is 1.01. The summed E-state index contributed by atoms with van der Waals surface area (Å²) in [5, 5.41) is 17.2. The van der Waals surface area contributed by atoms with Crippen LogP contribution in [0.2, 0.25) is 0 Å². The molecule has 1 aromatic carbocycles. The molecular weight excluding hydrogens is 264 g/mol. The molecule has 4 nitrogen and oxygen atoms in total. The molecule has 0 aliphatic heterocycles. The lowest BCUT2D eigenvalue weighted by Gasteiger charge is -2.09. The van der Waals surface area contributed by atoms with E-state index in [9.17, 15) is 0 Å². The number of rotatable bonds is 6. The first-order chi connectivity index (χ1) is 7.27. The van der Waals surface area contributed by atoms with E-state index in [1.807, 2.05) is 0 Å². The van der Waals surface area contributed by atoms with E-state index in [2.05, 4.69) is 15.9 Å². The SMILES string of the molecule is OCCOc1ccc(OCCO)c(Br)c1. The zero-order valence-electron chi connectivity index (χ0n) is 8.15. The molecule has 0 spiro atoms. The van der Waals surface area contributed by atoms with Gasteiger partial charge in [-0.15, -0.1) is 0 Å². The van der Waals surface area contributed by atoms with Gasteiger partial charge >= 0.3 is 0 Å². The van der Waals surface area contributed by atoms with E-state index < -0.39 is 0 Å². The topological polar surface area (TPSA) is 58.9 Å². The standard InChI is InChI=1S/C10H13BrO4/c11-9-7-8(14-5-3-12)1-2-10(9)15-6-4-13/h1-2,7,12-13H,3-6H2. The van der Waals surface area contributed by atoms with Crippen molar-refractivity contribution in [2.24, 2.45) is 0 Å². The molecule has 0 aliphatic rings. The fourth-order valence-corrected chi connectivity index (χ4v) is 1.48. The normalized spacial score (nSPS) is 10.1. The summed E-state index contributed by atoms with van der Waals surface area (Å²) < 4.78 is 11.2. The van der Waals surface area contributed by atoms with Crippen LogP contribution in [0, 0.1) is 0 Å². The third-order valence-electron chi connectivity index (χ3n) is 1.61. The quantitative estimate of drug-likeness (QED) is 0.820. The van der Waals surface area contributed by atoms with Crippen molar-refractivity contribution in [3.63, 3.8) is 0 Å². The minimum atomic E-state index is -0.0186. The first-order valence-electron chi connectivity index (χ1n) is 4.55. The van der Waals surface area contributed by atoms with Gasteiger partial charge in [-0.1, -0.05) is 0 Å². The summed E-state index contributed by atoms with van der Waals surface area (Å²) >= 11 is 3.32. The summed E-state index contributed by atoms with van der Waals surface area (Å²) in [6.45, 7) is 0.494. The largest absolute Gasteiger partial charge is 0.491 e. The van der Waals surface area contributed by atoms with Crippen LogP contribution in [0.4, 0.5) is 0 Å². The molecule has 15 heavy (non-hydrogen) atoms. The maximum Gasteiger partial charge on any atom is 0.133 e. The van der Waals surface area contributed by atoms with Gasteiger partial charge in [-0.05, 0) is 34.1 Å². The molecule has 0 bridgehead atoms. The molecule has 2 N–H and O–H groups in total. The highest BCUT2D eigenvalue weighted by molar-refractivity contribution is 9.10. The summed E-state index contributed by atoms with van der Waals surface area (Å²) in [7, 11) is 0. The highest BCUT2D eigenvalue weighted by Gasteiger charge is 2.02. The van der Waals surface area contributed by atoms with E-state index in [4.69, 9.17) is 19.7 Å². The van der Waals surface area contributed by atoms with Gasteiger partial charge < -0.3 is 19.7 Å². The van der Waals surface area contributed by atoms with Gasteiger partial charge in [0.15, 0.2) is 0 Å². The zero-order valence-corrected chi connectivity index (χ0v) is 9.74. The number of hydrogen-bond acceptors (Lipinski definition) is 4. The van der Waals surface area contributed by atoms with Crippen LogP contribution in [0.25, 0.3) is 0 Å². The van der Waals surface area contributed by atoms with Gasteiger partial charge in [0.2, 0.25) is 0 Å². The fraction of sp³-hybridized carbons (Fsp3) is 0.400. The summed E-state index contributed by atoms with van der Waals surface area (Å²) in [6, 6.07) is 5.24. The van der Waals surface area contributed by atoms with Gasteiger partial charge in [-0.3, -0.25) is 0 Å². The van der Waals surface area contributed by atoms with Gasteiger partial charge in [0, 0.05) is 0 Å². The van der Waals surface area contributed by atoms with E-state index in [0.717, 1.165) is 4.47 Å². The molecule has 0 unspecified atom stereocenters. The molecule has 1 aromatic rings. The Labute approximate surface area is 96.6 Å². The van der Waals surface area contributed by atoms with Crippen molar-refractivity contribution in [3.8, 4) is 11.5 Å². The molecule has 0 aromatic heterocycles. The molecule has 0 amide bonds. The Balaban J connectivity index is 2.61. The lowest BCUT2D eigenvalue weighted by molar-refractivity contribution is 0.197. The van der Waals surface area contributed by atoms with Crippen molar-refractivity contribution in [2.45, 2.75) is 0 Å². The summed E-state index contributed by atoms with van der Waals surface area (Å²) in [5.41, 5.74) is 0. The van der Waals surface area contributed by atoms with E-state index in [-0.39, 0.29) is 26.4 Å². The van der Waals surface area contributed by atoms with Crippen molar-refractivity contribution >= 4 is 15.9 Å². The zero-order chi connectivity index (χ0) is 11.1. The molecule has 5 heteroatoms. The number of halogens is 1. The monoisotopic (exact) mass is 276 g/mol. The maximum absolute atomic E-state index is 8.60. The van der Waals surface area contributed by atoms with Crippen LogP contribution in [0.3, 0.4) is 0 Å². The van der Waals surface area contributed by atoms with Crippen LogP contribution in [-0.2, 0) is 0 Å². The van der Waals surface area contributed by atoms with Crippen molar-refractivity contribution in [1.29, 1.82) is 0 Å². The van der Waals surface area contributed by atoms with E-state index in [0.29, 0.717) is 11.5 Å². The third-order valence-corrected chi connectivity index (χ3v) is 2.23. The number of aliphatic hydroxyl groups excluding tert-OH is 2. The van der Waals surface area contributed by atoms with Crippen LogP contribution >= 0.6 is 15.9 Å². The number of benzene rings is 1. The maximum atomic E-state index is 8.60. The van der Waals surface area contributed by atoms with Crippen molar-refractivity contribution in [3.05, 3.63) is 22.7 Å². The van der Waals surface area contributed by atoms with Gasteiger partial charge in [0.25, 0.3) is 0 Å². The molecule has 0 saturated heterocycles. The summed E-state index contributed by atoms with van der Waals surface area (Å²) in [5.74, 6) is 1.31. The predicted molar refractivity (Wildman–Crippen MR) is 59.3 cm³/mol. The molecule has 84 valence electrons. The second kappa shape index (κ2) is 6.66. The Morgan fingerprint density at radius 2 is 1.73 bits per heavy atom. The van der Waals surface area contributed by atoms with E-state index in [1.165, 1.54) is 0 Å². The Bertz CT molecular complexity index is 303. The van der Waals surface area contributed by atoms with Crippen LogP contribution in [0.15, 0.2) is 22.7 Å². The van der Waals surface area contributed by atoms with Gasteiger partial charge in [0.1, 0.15) is 24.7 Å². The van der Waals surface area contributed by atoms with E-state index in [1.54, 1.807) is 18.2 Å². The molecule has 0 fully saturated rings. The molecule has 0 heterocycles. The minimum absolute atomic E-state index is 0.0135. The van der Waals surface area contributed by atoms with Crippen LogP contribution in [-0.4, -0.2) is 36.6 Å². The second-order valence-electron chi connectivity index (χ2n) is 2.74. The second-order valence-corrected chi connectivity index (χ2v) is 3.59. The smallest absolute Gasteiger partial charge is 0.133 e. The number of aliphatic hydroxyl groups is 2. The van der Waals surface area contributed by atoms with Gasteiger partial charge in [-0.25, -0.2) is 0 Å². The highest BCUT2D eigenvalue weighted by Crippen LogP contribution is 2.29.